The summed E-state index contributed by atoms with van der Waals surface area (Å²) in [6.45, 7) is 2.39. The highest BCUT2D eigenvalue weighted by Gasteiger charge is 2.24. The van der Waals surface area contributed by atoms with E-state index in [1.54, 1.807) is 12.1 Å². The first kappa shape index (κ1) is 25.3. The minimum absolute atomic E-state index is 0.182. The van der Waals surface area contributed by atoms with Crippen molar-refractivity contribution in [1.82, 2.24) is 5.32 Å². The normalized spacial score (nSPS) is 15.7. The molecule has 3 aromatic rings. The van der Waals surface area contributed by atoms with Gasteiger partial charge in [0.25, 0.3) is 5.91 Å². The molecule has 0 radical (unpaired) electrons. The molecule has 1 amide bonds. The van der Waals surface area contributed by atoms with Crippen LogP contribution in [0.25, 0.3) is 6.08 Å². The number of amidine groups is 1. The highest BCUT2D eigenvalue weighted by atomic mass is 79.9. The first-order valence-electron chi connectivity index (χ1n) is 10.3. The molecule has 1 aliphatic rings. The fourth-order valence-corrected chi connectivity index (χ4v) is 5.90. The van der Waals surface area contributed by atoms with Crippen LogP contribution >= 0.6 is 66.8 Å². The number of ether oxygens (including phenoxy) is 1. The van der Waals surface area contributed by atoms with Gasteiger partial charge in [0.15, 0.2) is 5.17 Å². The number of benzene rings is 3. The second-order valence-corrected chi connectivity index (χ2v) is 10.9. The van der Waals surface area contributed by atoms with Crippen molar-refractivity contribution in [3.63, 3.8) is 0 Å². The molecule has 0 saturated carbocycles. The van der Waals surface area contributed by atoms with E-state index in [9.17, 15) is 4.79 Å². The molecule has 1 fully saturated rings. The van der Waals surface area contributed by atoms with Gasteiger partial charge >= 0.3 is 0 Å². The molecule has 0 spiro atoms. The second-order valence-electron chi connectivity index (χ2n) is 7.34. The van der Waals surface area contributed by atoms with Crippen LogP contribution in [-0.2, 0) is 17.8 Å². The van der Waals surface area contributed by atoms with Gasteiger partial charge in [-0.25, -0.2) is 4.99 Å². The average Bonchev–Trinajstić information content (AvgIpc) is 3.13. The lowest BCUT2D eigenvalue weighted by Gasteiger charge is -2.12. The lowest BCUT2D eigenvalue weighted by atomic mass is 10.2. The van der Waals surface area contributed by atoms with Gasteiger partial charge in [0.2, 0.25) is 0 Å². The van der Waals surface area contributed by atoms with Crippen molar-refractivity contribution < 1.29 is 9.53 Å². The third-order valence-electron chi connectivity index (χ3n) is 4.93. The molecule has 174 valence electrons. The number of thioether (sulfide) groups is 1. The van der Waals surface area contributed by atoms with Crippen LogP contribution in [0.1, 0.15) is 23.6 Å². The van der Waals surface area contributed by atoms with E-state index >= 15 is 0 Å². The van der Waals surface area contributed by atoms with E-state index in [4.69, 9.17) is 27.9 Å². The van der Waals surface area contributed by atoms with E-state index < -0.39 is 0 Å². The summed E-state index contributed by atoms with van der Waals surface area (Å²) in [7, 11) is 0. The lowest BCUT2D eigenvalue weighted by Crippen LogP contribution is -2.19. The Morgan fingerprint density at radius 2 is 1.76 bits per heavy atom. The third-order valence-corrected chi connectivity index (χ3v) is 7.61. The van der Waals surface area contributed by atoms with E-state index in [0.29, 0.717) is 25.9 Å². The zero-order valence-corrected chi connectivity index (χ0v) is 23.4. The van der Waals surface area contributed by atoms with Crippen LogP contribution < -0.4 is 10.1 Å². The summed E-state index contributed by atoms with van der Waals surface area (Å²) in [6, 6.07) is 17.0. The van der Waals surface area contributed by atoms with Crippen LogP contribution in [0.5, 0.6) is 5.75 Å². The predicted molar refractivity (Wildman–Crippen MR) is 149 cm³/mol. The lowest BCUT2D eigenvalue weighted by molar-refractivity contribution is -0.115. The van der Waals surface area contributed by atoms with Gasteiger partial charge in [-0.3, -0.25) is 4.79 Å². The smallest absolute Gasteiger partial charge is 0.264 e. The fourth-order valence-electron chi connectivity index (χ4n) is 3.14. The number of aliphatic imine (C=N–C) groups is 1. The fraction of sp³-hybridized carbons (Fsp3) is 0.120. The number of hydrogen-bond donors (Lipinski definition) is 1. The quantitative estimate of drug-likeness (QED) is 0.275. The standard InChI is InChI=1S/C25H18Br2Cl2N2O2S/c1-2-14-3-7-18(8-4-14)30-25-31-24(32)22(34-25)11-15-9-19(26)23(20(27)10-15)33-13-16-5-6-17(28)12-21(16)29/h3-12H,2,13H2,1H3,(H,30,31,32)/b22-11-. The van der Waals surface area contributed by atoms with E-state index in [-0.39, 0.29) is 12.5 Å². The molecule has 4 rings (SSSR count). The summed E-state index contributed by atoms with van der Waals surface area (Å²) in [6.07, 6.45) is 2.79. The summed E-state index contributed by atoms with van der Waals surface area (Å²) >= 11 is 20.6. The molecule has 0 unspecified atom stereocenters. The van der Waals surface area contributed by atoms with Gasteiger partial charge in [-0.2, -0.15) is 0 Å². The minimum atomic E-state index is -0.182. The number of rotatable bonds is 6. The van der Waals surface area contributed by atoms with Gasteiger partial charge in [0.05, 0.1) is 19.5 Å². The van der Waals surface area contributed by atoms with Crippen molar-refractivity contribution in [1.29, 1.82) is 0 Å². The maximum absolute atomic E-state index is 12.5. The first-order valence-corrected chi connectivity index (χ1v) is 13.4. The Morgan fingerprint density at radius 3 is 2.41 bits per heavy atom. The number of carbonyl (C=O) groups is 1. The average molecular weight is 641 g/mol. The zero-order chi connectivity index (χ0) is 24.2. The maximum atomic E-state index is 12.5. The Balaban J connectivity index is 1.49. The number of hydrogen-bond acceptors (Lipinski definition) is 4. The van der Waals surface area contributed by atoms with Gasteiger partial charge in [0, 0.05) is 15.6 Å². The van der Waals surface area contributed by atoms with E-state index in [2.05, 4.69) is 49.1 Å². The van der Waals surface area contributed by atoms with Gasteiger partial charge < -0.3 is 10.1 Å². The first-order chi connectivity index (χ1) is 16.3. The van der Waals surface area contributed by atoms with Crippen molar-refractivity contribution in [3.8, 4) is 5.75 Å². The van der Waals surface area contributed by atoms with Gasteiger partial charge in [0.1, 0.15) is 12.4 Å². The van der Waals surface area contributed by atoms with Crippen molar-refractivity contribution >= 4 is 89.7 Å². The molecule has 0 aliphatic carbocycles. The Morgan fingerprint density at radius 1 is 1.06 bits per heavy atom. The second kappa shape index (κ2) is 11.3. The van der Waals surface area contributed by atoms with Crippen molar-refractivity contribution in [2.24, 2.45) is 4.99 Å². The van der Waals surface area contributed by atoms with Crippen LogP contribution in [0.2, 0.25) is 10.0 Å². The van der Waals surface area contributed by atoms with E-state index in [0.717, 1.165) is 32.2 Å². The van der Waals surface area contributed by atoms with Crippen LogP contribution in [-0.4, -0.2) is 11.1 Å². The van der Waals surface area contributed by atoms with Crippen molar-refractivity contribution in [2.45, 2.75) is 20.0 Å². The Kier molecular flexibility index (Phi) is 8.43. The zero-order valence-electron chi connectivity index (χ0n) is 17.9. The number of nitrogens with zero attached hydrogens (tertiary/aromatic N) is 1. The molecule has 9 heteroatoms. The van der Waals surface area contributed by atoms with Crippen LogP contribution in [0, 0.1) is 0 Å². The molecule has 1 saturated heterocycles. The molecular weight excluding hydrogens is 623 g/mol. The van der Waals surface area contributed by atoms with Crippen molar-refractivity contribution in [2.75, 3.05) is 0 Å². The van der Waals surface area contributed by atoms with E-state index in [1.165, 1.54) is 17.3 Å². The number of amides is 1. The van der Waals surface area contributed by atoms with Gasteiger partial charge in [-0.15, -0.1) is 0 Å². The number of nitrogens with one attached hydrogen (secondary N) is 1. The minimum Gasteiger partial charge on any atom is -0.486 e. The molecule has 1 aliphatic heterocycles. The summed E-state index contributed by atoms with van der Waals surface area (Å²) in [4.78, 5) is 17.6. The molecule has 0 bridgehead atoms. The van der Waals surface area contributed by atoms with Crippen LogP contribution in [0.3, 0.4) is 0 Å². The van der Waals surface area contributed by atoms with E-state index in [1.807, 2.05) is 48.5 Å². The Labute approximate surface area is 229 Å². The van der Waals surface area contributed by atoms with Crippen LogP contribution in [0.15, 0.2) is 73.4 Å². The molecule has 1 heterocycles. The molecule has 1 N–H and O–H groups in total. The topological polar surface area (TPSA) is 50.7 Å². The van der Waals surface area contributed by atoms with Gasteiger partial charge in [-0.05, 0) is 104 Å². The molecular formula is C25H18Br2Cl2N2O2S. The number of aryl methyl sites for hydroxylation is 1. The van der Waals surface area contributed by atoms with Gasteiger partial charge in [-0.1, -0.05) is 48.3 Å². The highest BCUT2D eigenvalue weighted by Crippen LogP contribution is 2.37. The monoisotopic (exact) mass is 638 g/mol. The number of carbonyl (C=O) groups excluding carboxylic acids is 1. The molecule has 0 aromatic heterocycles. The summed E-state index contributed by atoms with van der Waals surface area (Å²) in [5, 5.41) is 4.50. The Bertz CT molecular complexity index is 1290. The largest absolute Gasteiger partial charge is 0.486 e. The van der Waals surface area contributed by atoms with Crippen LogP contribution in [0.4, 0.5) is 5.69 Å². The molecule has 4 nitrogen and oxygen atoms in total. The summed E-state index contributed by atoms with van der Waals surface area (Å²) in [5.74, 6) is 0.452. The Hall–Kier alpha value is -1.77. The molecule has 3 aromatic carbocycles. The van der Waals surface area contributed by atoms with Crippen molar-refractivity contribution in [3.05, 3.63) is 95.2 Å². The maximum Gasteiger partial charge on any atom is 0.264 e. The SMILES string of the molecule is CCc1ccc(N=C2NC(=O)/C(=C/c3cc(Br)c(OCc4ccc(Cl)cc4Cl)c(Br)c3)S2)cc1. The molecule has 34 heavy (non-hydrogen) atoms. The molecule has 0 atom stereocenters. The number of halogens is 4. The highest BCUT2D eigenvalue weighted by molar-refractivity contribution is 9.11. The summed E-state index contributed by atoms with van der Waals surface area (Å²) in [5.41, 5.74) is 3.70. The predicted octanol–water partition coefficient (Wildman–Crippen LogP) is 8.55. The summed E-state index contributed by atoms with van der Waals surface area (Å²) < 4.78 is 7.46. The third kappa shape index (κ3) is 6.26.